The molecule has 1 aliphatic rings. The highest BCUT2D eigenvalue weighted by molar-refractivity contribution is 9.11. The van der Waals surface area contributed by atoms with E-state index < -0.39 is 0 Å². The molecule has 2 rings (SSSR count). The molecule has 1 aromatic rings. The number of rotatable bonds is 0. The van der Waals surface area contributed by atoms with Crippen LogP contribution in [0.15, 0.2) is 3.79 Å². The lowest BCUT2D eigenvalue weighted by molar-refractivity contribution is 0.171. The fourth-order valence-electron chi connectivity index (χ4n) is 1.05. The molecule has 0 atom stereocenters. The van der Waals surface area contributed by atoms with Crippen molar-refractivity contribution in [2.45, 2.75) is 6.92 Å². The van der Waals surface area contributed by atoms with E-state index in [9.17, 15) is 0 Å². The molecule has 0 unspecified atom stereocenters. The summed E-state index contributed by atoms with van der Waals surface area (Å²) in [7, 11) is 0. The second-order valence-corrected chi connectivity index (χ2v) is 4.83. The fourth-order valence-corrected chi connectivity index (χ4v) is 2.83. The van der Waals surface area contributed by atoms with Crippen LogP contribution in [0.2, 0.25) is 0 Å². The minimum atomic E-state index is 0.655. The fraction of sp³-hybridized carbons (Fsp3) is 0.429. The van der Waals surface area contributed by atoms with Gasteiger partial charge in [-0.25, -0.2) is 0 Å². The number of aryl methyl sites for hydroxylation is 1. The van der Waals surface area contributed by atoms with Crippen molar-refractivity contribution < 1.29 is 9.47 Å². The van der Waals surface area contributed by atoms with E-state index >= 15 is 0 Å². The standard InChI is InChI=1S/C7H7BrO2S/c1-4-5-6(7(8)11-4)10-3-2-9-5/h2-3H2,1H3. The molecule has 1 aliphatic heterocycles. The van der Waals surface area contributed by atoms with Crippen molar-refractivity contribution in [3.63, 3.8) is 0 Å². The maximum Gasteiger partial charge on any atom is 0.186 e. The molecule has 60 valence electrons. The van der Waals surface area contributed by atoms with Crippen molar-refractivity contribution in [1.82, 2.24) is 0 Å². The first-order valence-electron chi connectivity index (χ1n) is 3.33. The van der Waals surface area contributed by atoms with Gasteiger partial charge in [-0.05, 0) is 22.9 Å². The highest BCUT2D eigenvalue weighted by Gasteiger charge is 2.20. The zero-order chi connectivity index (χ0) is 7.84. The second-order valence-electron chi connectivity index (χ2n) is 2.29. The molecule has 2 heterocycles. The zero-order valence-electron chi connectivity index (χ0n) is 6.02. The van der Waals surface area contributed by atoms with Gasteiger partial charge in [-0.2, -0.15) is 0 Å². The van der Waals surface area contributed by atoms with Gasteiger partial charge in [-0.3, -0.25) is 0 Å². The van der Waals surface area contributed by atoms with Gasteiger partial charge >= 0.3 is 0 Å². The van der Waals surface area contributed by atoms with E-state index in [2.05, 4.69) is 15.9 Å². The van der Waals surface area contributed by atoms with Crippen molar-refractivity contribution in [3.8, 4) is 11.5 Å². The normalized spacial score (nSPS) is 15.1. The molecule has 0 saturated carbocycles. The summed E-state index contributed by atoms with van der Waals surface area (Å²) >= 11 is 5.07. The van der Waals surface area contributed by atoms with Crippen molar-refractivity contribution in [2.24, 2.45) is 0 Å². The molecule has 0 saturated heterocycles. The molecular weight excluding hydrogens is 228 g/mol. The minimum Gasteiger partial charge on any atom is -0.485 e. The molecule has 0 amide bonds. The maximum absolute atomic E-state index is 5.43. The Morgan fingerprint density at radius 1 is 1.27 bits per heavy atom. The van der Waals surface area contributed by atoms with Crippen LogP contribution in [-0.2, 0) is 0 Å². The molecule has 0 aliphatic carbocycles. The van der Waals surface area contributed by atoms with E-state index in [-0.39, 0.29) is 0 Å². The largest absolute Gasteiger partial charge is 0.485 e. The molecule has 4 heteroatoms. The van der Waals surface area contributed by atoms with Gasteiger partial charge in [0.1, 0.15) is 17.0 Å². The number of hydrogen-bond donors (Lipinski definition) is 0. The lowest BCUT2D eigenvalue weighted by Crippen LogP contribution is -2.14. The molecule has 11 heavy (non-hydrogen) atoms. The Balaban J connectivity index is 2.52. The SMILES string of the molecule is Cc1sc(Br)c2c1OCCO2. The Hall–Kier alpha value is -0.220. The summed E-state index contributed by atoms with van der Waals surface area (Å²) < 4.78 is 11.9. The van der Waals surface area contributed by atoms with Gasteiger partial charge in [0.15, 0.2) is 11.5 Å². The van der Waals surface area contributed by atoms with Crippen LogP contribution in [0.3, 0.4) is 0 Å². The number of hydrogen-bond acceptors (Lipinski definition) is 3. The van der Waals surface area contributed by atoms with E-state index in [1.165, 1.54) is 4.88 Å². The first kappa shape index (κ1) is 7.43. The van der Waals surface area contributed by atoms with Gasteiger partial charge in [-0.15, -0.1) is 11.3 Å². The summed E-state index contributed by atoms with van der Waals surface area (Å²) in [5, 5.41) is 0. The molecule has 2 nitrogen and oxygen atoms in total. The van der Waals surface area contributed by atoms with Crippen LogP contribution in [0.5, 0.6) is 11.5 Å². The average Bonchev–Trinajstić information content (AvgIpc) is 2.30. The Morgan fingerprint density at radius 2 is 1.91 bits per heavy atom. The van der Waals surface area contributed by atoms with Gasteiger partial charge in [0.25, 0.3) is 0 Å². The number of fused-ring (bicyclic) bond motifs is 1. The monoisotopic (exact) mass is 234 g/mol. The number of halogens is 1. The van der Waals surface area contributed by atoms with Crippen LogP contribution in [0, 0.1) is 6.92 Å². The molecule has 1 aromatic heterocycles. The number of thiophene rings is 1. The topological polar surface area (TPSA) is 18.5 Å². The lowest BCUT2D eigenvalue weighted by Gasteiger charge is -2.15. The molecule has 0 radical (unpaired) electrons. The Morgan fingerprint density at radius 3 is 2.55 bits per heavy atom. The third-order valence-corrected chi connectivity index (χ3v) is 3.23. The summed E-state index contributed by atoms with van der Waals surface area (Å²) in [6.07, 6.45) is 0. The lowest BCUT2D eigenvalue weighted by atomic mass is 10.4. The van der Waals surface area contributed by atoms with Crippen LogP contribution in [0.4, 0.5) is 0 Å². The highest BCUT2D eigenvalue weighted by Crippen LogP contribution is 2.46. The zero-order valence-corrected chi connectivity index (χ0v) is 8.42. The van der Waals surface area contributed by atoms with Crippen molar-refractivity contribution >= 4 is 27.3 Å². The molecule has 0 fully saturated rings. The van der Waals surface area contributed by atoms with Crippen LogP contribution in [-0.4, -0.2) is 13.2 Å². The molecule has 0 aromatic carbocycles. The first-order valence-corrected chi connectivity index (χ1v) is 4.94. The third kappa shape index (κ3) is 1.14. The van der Waals surface area contributed by atoms with E-state index in [1.807, 2.05) is 6.92 Å². The molecule has 0 N–H and O–H groups in total. The summed E-state index contributed by atoms with van der Waals surface area (Å²) in [6.45, 7) is 3.35. The molecule has 0 spiro atoms. The average molecular weight is 235 g/mol. The van der Waals surface area contributed by atoms with Crippen LogP contribution >= 0.6 is 27.3 Å². The summed E-state index contributed by atoms with van der Waals surface area (Å²) in [5.41, 5.74) is 0. The summed E-state index contributed by atoms with van der Waals surface area (Å²) in [6, 6.07) is 0. The maximum atomic E-state index is 5.43. The second kappa shape index (κ2) is 2.68. The highest BCUT2D eigenvalue weighted by atomic mass is 79.9. The van der Waals surface area contributed by atoms with Crippen molar-refractivity contribution in [1.29, 1.82) is 0 Å². The van der Waals surface area contributed by atoms with Gasteiger partial charge < -0.3 is 9.47 Å². The predicted molar refractivity (Wildman–Crippen MR) is 47.7 cm³/mol. The predicted octanol–water partition coefficient (Wildman–Crippen LogP) is 2.59. The van der Waals surface area contributed by atoms with E-state index in [4.69, 9.17) is 9.47 Å². The van der Waals surface area contributed by atoms with E-state index in [0.29, 0.717) is 13.2 Å². The van der Waals surface area contributed by atoms with E-state index in [1.54, 1.807) is 11.3 Å². The molecular formula is C7H7BrO2S. The Kier molecular flexibility index (Phi) is 1.81. The van der Waals surface area contributed by atoms with Crippen molar-refractivity contribution in [3.05, 3.63) is 8.66 Å². The minimum absolute atomic E-state index is 0.655. The Bertz CT molecular complexity index is 256. The van der Waals surface area contributed by atoms with Gasteiger partial charge in [-0.1, -0.05) is 0 Å². The van der Waals surface area contributed by atoms with Crippen LogP contribution in [0.1, 0.15) is 4.88 Å². The summed E-state index contributed by atoms with van der Waals surface area (Å²) in [5.74, 6) is 1.78. The number of ether oxygens (including phenoxy) is 2. The van der Waals surface area contributed by atoms with Gasteiger partial charge in [0, 0.05) is 4.88 Å². The quantitative estimate of drug-likeness (QED) is 0.688. The van der Waals surface area contributed by atoms with Gasteiger partial charge in [0.2, 0.25) is 0 Å². The van der Waals surface area contributed by atoms with E-state index in [0.717, 1.165) is 15.3 Å². The smallest absolute Gasteiger partial charge is 0.186 e. The third-order valence-electron chi connectivity index (χ3n) is 1.52. The van der Waals surface area contributed by atoms with Crippen LogP contribution < -0.4 is 9.47 Å². The van der Waals surface area contributed by atoms with Crippen LogP contribution in [0.25, 0.3) is 0 Å². The summed E-state index contributed by atoms with van der Waals surface area (Å²) in [4.78, 5) is 1.17. The van der Waals surface area contributed by atoms with Crippen molar-refractivity contribution in [2.75, 3.05) is 13.2 Å². The van der Waals surface area contributed by atoms with Gasteiger partial charge in [0.05, 0.1) is 0 Å². The molecule has 0 bridgehead atoms. The first-order chi connectivity index (χ1) is 5.29. The Labute approximate surface area is 77.3 Å².